The fourth-order valence-electron chi connectivity index (χ4n) is 3.84. The molecule has 9 nitrogen and oxygen atoms in total. The topological polar surface area (TPSA) is 130 Å². The van der Waals surface area contributed by atoms with Crippen molar-refractivity contribution >= 4 is 40.3 Å². The summed E-state index contributed by atoms with van der Waals surface area (Å²) in [6.45, 7) is 2.62. The first-order valence-corrected chi connectivity index (χ1v) is 13.0. The van der Waals surface area contributed by atoms with Gasteiger partial charge in [-0.3, -0.25) is 9.59 Å². The number of nitrogens with zero attached hydrogens (tertiary/aromatic N) is 2. The van der Waals surface area contributed by atoms with Crippen LogP contribution in [0.4, 0.5) is 5.00 Å². The molecule has 0 spiro atoms. The molecule has 0 radical (unpaired) electrons. The van der Waals surface area contributed by atoms with Gasteiger partial charge in [-0.2, -0.15) is 10.4 Å². The second-order valence-corrected chi connectivity index (χ2v) is 9.62. The van der Waals surface area contributed by atoms with Gasteiger partial charge in [-0.05, 0) is 91.8 Å². The zero-order chi connectivity index (χ0) is 26.9. The molecule has 0 atom stereocenters. The molecule has 2 aromatic carbocycles. The Bertz CT molecular complexity index is 1390. The summed E-state index contributed by atoms with van der Waals surface area (Å²) in [5.74, 6) is -1.32. The van der Waals surface area contributed by atoms with Crippen molar-refractivity contribution in [2.24, 2.45) is 5.10 Å². The predicted octanol–water partition coefficient (Wildman–Crippen LogP) is 4.60. The van der Waals surface area contributed by atoms with Crippen molar-refractivity contribution in [1.29, 1.82) is 5.26 Å². The summed E-state index contributed by atoms with van der Waals surface area (Å²) in [5, 5.41) is 16.2. The van der Waals surface area contributed by atoms with Crippen LogP contribution in [0, 0.1) is 11.3 Å². The van der Waals surface area contributed by atoms with Crippen LogP contribution in [0.1, 0.15) is 58.1 Å². The first-order chi connectivity index (χ1) is 18.5. The van der Waals surface area contributed by atoms with Gasteiger partial charge < -0.3 is 14.8 Å². The normalized spacial score (nSPS) is 12.3. The number of carbonyl (C=O) groups is 3. The molecule has 0 aliphatic heterocycles. The third kappa shape index (κ3) is 6.63. The maximum Gasteiger partial charge on any atom is 0.343 e. The lowest BCUT2D eigenvalue weighted by atomic mass is 9.96. The van der Waals surface area contributed by atoms with Gasteiger partial charge in [0.25, 0.3) is 0 Å². The Morgan fingerprint density at radius 1 is 1.03 bits per heavy atom. The highest BCUT2D eigenvalue weighted by Gasteiger charge is 2.23. The van der Waals surface area contributed by atoms with Crippen molar-refractivity contribution in [3.8, 4) is 17.6 Å². The summed E-state index contributed by atoms with van der Waals surface area (Å²) in [6.07, 6.45) is 5.99. The van der Waals surface area contributed by atoms with Gasteiger partial charge in [0.2, 0.25) is 0 Å². The minimum Gasteiger partial charge on any atom is -0.494 e. The monoisotopic (exact) mass is 530 g/mol. The average Bonchev–Trinajstić information content (AvgIpc) is 3.29. The number of hydrogen-bond acceptors (Lipinski definition) is 8. The van der Waals surface area contributed by atoms with Crippen molar-refractivity contribution in [2.75, 3.05) is 11.9 Å². The van der Waals surface area contributed by atoms with E-state index in [0.717, 1.165) is 42.5 Å². The molecule has 4 rings (SSSR count). The molecule has 1 aromatic heterocycles. The molecule has 1 heterocycles. The maximum atomic E-state index is 12.4. The van der Waals surface area contributed by atoms with Gasteiger partial charge in [0.05, 0.1) is 23.9 Å². The zero-order valence-electron chi connectivity index (χ0n) is 20.8. The van der Waals surface area contributed by atoms with E-state index in [2.05, 4.69) is 21.9 Å². The molecule has 0 saturated carbocycles. The fourth-order valence-corrected chi connectivity index (χ4v) is 5.08. The Kier molecular flexibility index (Phi) is 8.85. The number of carbonyl (C=O) groups excluding carboxylic acids is 3. The van der Waals surface area contributed by atoms with Crippen molar-refractivity contribution in [1.82, 2.24) is 5.43 Å². The molecule has 2 amide bonds. The minimum absolute atomic E-state index is 0.341. The second-order valence-electron chi connectivity index (χ2n) is 8.51. The highest BCUT2D eigenvalue weighted by molar-refractivity contribution is 7.16. The third-order valence-corrected chi connectivity index (χ3v) is 6.96. The highest BCUT2D eigenvalue weighted by atomic mass is 32.1. The zero-order valence-corrected chi connectivity index (χ0v) is 21.6. The number of nitrogens with one attached hydrogen (secondary N) is 2. The number of ether oxygens (including phenoxy) is 2. The molecule has 2 N–H and O–H groups in total. The van der Waals surface area contributed by atoms with Gasteiger partial charge in [-0.1, -0.05) is 6.92 Å². The number of aryl methyl sites for hydroxylation is 1. The van der Waals surface area contributed by atoms with E-state index in [0.29, 0.717) is 39.8 Å². The molecule has 0 fully saturated rings. The van der Waals surface area contributed by atoms with E-state index >= 15 is 0 Å². The van der Waals surface area contributed by atoms with E-state index in [4.69, 9.17) is 9.47 Å². The molecular weight excluding hydrogens is 504 g/mol. The van der Waals surface area contributed by atoms with E-state index in [-0.39, 0.29) is 0 Å². The molecular formula is C28H26N4O5S. The molecule has 3 aromatic rings. The first-order valence-electron chi connectivity index (χ1n) is 12.2. The summed E-state index contributed by atoms with van der Waals surface area (Å²) < 4.78 is 10.9. The number of rotatable bonds is 8. The molecule has 38 heavy (non-hydrogen) atoms. The van der Waals surface area contributed by atoms with Gasteiger partial charge >= 0.3 is 17.8 Å². The van der Waals surface area contributed by atoms with Gasteiger partial charge in [0.15, 0.2) is 0 Å². The predicted molar refractivity (Wildman–Crippen MR) is 144 cm³/mol. The largest absolute Gasteiger partial charge is 0.494 e. The van der Waals surface area contributed by atoms with Gasteiger partial charge in [0.1, 0.15) is 22.6 Å². The average molecular weight is 531 g/mol. The van der Waals surface area contributed by atoms with Gasteiger partial charge in [-0.25, -0.2) is 10.2 Å². The van der Waals surface area contributed by atoms with Crippen LogP contribution in [-0.2, 0) is 22.4 Å². The van der Waals surface area contributed by atoms with Gasteiger partial charge in [-0.15, -0.1) is 11.3 Å². The number of thiophene rings is 1. The summed E-state index contributed by atoms with van der Waals surface area (Å²) in [7, 11) is 0. The van der Waals surface area contributed by atoms with Crippen LogP contribution < -0.4 is 20.2 Å². The Balaban J connectivity index is 1.27. The molecule has 1 aliphatic rings. The molecule has 0 bridgehead atoms. The number of amides is 2. The van der Waals surface area contributed by atoms with E-state index in [1.54, 1.807) is 48.5 Å². The summed E-state index contributed by atoms with van der Waals surface area (Å²) in [6, 6.07) is 15.3. The Hall–Kier alpha value is -4.49. The van der Waals surface area contributed by atoms with Crippen LogP contribution in [0.2, 0.25) is 0 Å². The van der Waals surface area contributed by atoms with Crippen LogP contribution in [-0.4, -0.2) is 30.6 Å². The summed E-state index contributed by atoms with van der Waals surface area (Å²) >= 11 is 1.35. The first kappa shape index (κ1) is 26.6. The van der Waals surface area contributed by atoms with E-state index in [1.165, 1.54) is 17.6 Å². The van der Waals surface area contributed by atoms with E-state index < -0.39 is 17.8 Å². The summed E-state index contributed by atoms with van der Waals surface area (Å²) in [5.41, 5.74) is 4.60. The van der Waals surface area contributed by atoms with Crippen molar-refractivity contribution in [3.63, 3.8) is 0 Å². The van der Waals surface area contributed by atoms with Crippen molar-refractivity contribution < 1.29 is 23.9 Å². The quantitative estimate of drug-likeness (QED) is 0.144. The SMILES string of the molecule is CCCOc1ccc(C(=O)Oc2ccc(/C=N/NC(=O)C(=O)Nc3sc4c(c3C#N)CCCC4)cc2)cc1. The molecule has 10 heteroatoms. The lowest BCUT2D eigenvalue weighted by Gasteiger charge is -2.09. The third-order valence-electron chi connectivity index (χ3n) is 5.75. The second kappa shape index (κ2) is 12.7. The van der Waals surface area contributed by atoms with Crippen LogP contribution >= 0.6 is 11.3 Å². The van der Waals surface area contributed by atoms with Crippen LogP contribution in [0.3, 0.4) is 0 Å². The van der Waals surface area contributed by atoms with E-state index in [9.17, 15) is 19.6 Å². The number of esters is 1. The highest BCUT2D eigenvalue weighted by Crippen LogP contribution is 2.37. The maximum absolute atomic E-state index is 12.4. The van der Waals surface area contributed by atoms with Crippen molar-refractivity contribution in [3.05, 3.63) is 75.7 Å². The molecule has 0 unspecified atom stereocenters. The van der Waals surface area contributed by atoms with E-state index in [1.807, 2.05) is 6.92 Å². The van der Waals surface area contributed by atoms with Crippen LogP contribution in [0.25, 0.3) is 0 Å². The fraction of sp³-hybridized carbons (Fsp3) is 0.250. The van der Waals surface area contributed by atoms with Crippen LogP contribution in [0.15, 0.2) is 53.6 Å². The molecule has 194 valence electrons. The smallest absolute Gasteiger partial charge is 0.343 e. The van der Waals surface area contributed by atoms with Crippen LogP contribution in [0.5, 0.6) is 11.5 Å². The number of hydrazone groups is 1. The molecule has 0 saturated heterocycles. The van der Waals surface area contributed by atoms with Gasteiger partial charge in [0, 0.05) is 4.88 Å². The number of hydrogen-bond donors (Lipinski definition) is 2. The number of nitriles is 1. The number of benzene rings is 2. The number of anilines is 1. The minimum atomic E-state index is -0.951. The Morgan fingerprint density at radius 2 is 1.74 bits per heavy atom. The Morgan fingerprint density at radius 3 is 2.45 bits per heavy atom. The lowest BCUT2D eigenvalue weighted by Crippen LogP contribution is -2.32. The standard InChI is InChI=1S/C28H26N4O5S/c1-2-15-36-20-13-9-19(10-14-20)28(35)37-21-11-7-18(8-12-21)17-30-32-26(34)25(33)31-27-23(16-29)22-5-3-4-6-24(22)38-27/h7-14,17H,2-6,15H2,1H3,(H,31,33)(H,32,34)/b30-17+. The summed E-state index contributed by atoms with van der Waals surface area (Å²) in [4.78, 5) is 38.0. The van der Waals surface area contributed by atoms with Crippen molar-refractivity contribution in [2.45, 2.75) is 39.0 Å². The lowest BCUT2D eigenvalue weighted by molar-refractivity contribution is -0.136. The Labute approximate surface area is 224 Å². The number of fused-ring (bicyclic) bond motifs is 1. The molecule has 1 aliphatic carbocycles.